The Hall–Kier alpha value is -5.60. The van der Waals surface area contributed by atoms with Crippen molar-refractivity contribution in [2.75, 3.05) is 4.90 Å². The lowest BCUT2D eigenvalue weighted by atomic mass is 9.93. The van der Waals surface area contributed by atoms with Gasteiger partial charge in [-0.25, -0.2) is 0 Å². The van der Waals surface area contributed by atoms with Gasteiger partial charge in [-0.1, -0.05) is 115 Å². The highest BCUT2D eigenvalue weighted by Gasteiger charge is 2.19. The maximum absolute atomic E-state index is 6.42. The molecule has 0 spiro atoms. The van der Waals surface area contributed by atoms with E-state index in [2.05, 4.69) is 144 Å². The van der Waals surface area contributed by atoms with Crippen LogP contribution >= 0.6 is 0 Å². The summed E-state index contributed by atoms with van der Waals surface area (Å²) in [5.74, 6) is 0. The standard InChI is InChI=1S/C40H25NO/c1-2-12-30(13-3-1)41(36-24-22-28-20-19-26-9-6-10-27-21-23-35(36)39(28)38(26)27)31-14-7-11-29(25-31)32-16-8-17-34-33-15-4-5-18-37(33)42-40(32)34/h1-25H. The highest BCUT2D eigenvalue weighted by atomic mass is 16.3. The van der Waals surface area contributed by atoms with Crippen LogP contribution in [0, 0.1) is 0 Å². The average molecular weight is 536 g/mol. The third kappa shape index (κ3) is 3.39. The van der Waals surface area contributed by atoms with Crippen molar-refractivity contribution in [1.82, 2.24) is 0 Å². The summed E-state index contributed by atoms with van der Waals surface area (Å²) in [6.07, 6.45) is 0. The molecule has 42 heavy (non-hydrogen) atoms. The Morgan fingerprint density at radius 3 is 1.98 bits per heavy atom. The van der Waals surface area contributed by atoms with Gasteiger partial charge in [0.1, 0.15) is 11.2 Å². The van der Waals surface area contributed by atoms with Gasteiger partial charge in [0.15, 0.2) is 0 Å². The van der Waals surface area contributed by atoms with Crippen molar-refractivity contribution >= 4 is 71.3 Å². The number of rotatable bonds is 4. The van der Waals surface area contributed by atoms with Crippen molar-refractivity contribution < 1.29 is 4.42 Å². The average Bonchev–Trinajstić information content (AvgIpc) is 3.44. The maximum Gasteiger partial charge on any atom is 0.143 e. The summed E-state index contributed by atoms with van der Waals surface area (Å²) in [5, 5.41) is 9.97. The number of para-hydroxylation sites is 3. The molecule has 2 heteroatoms. The van der Waals surface area contributed by atoms with Crippen molar-refractivity contribution in [3.8, 4) is 11.1 Å². The molecule has 0 saturated carbocycles. The van der Waals surface area contributed by atoms with Crippen LogP contribution in [0.4, 0.5) is 17.1 Å². The van der Waals surface area contributed by atoms with Crippen LogP contribution in [0.25, 0.3) is 65.4 Å². The monoisotopic (exact) mass is 535 g/mol. The van der Waals surface area contributed by atoms with Gasteiger partial charge in [-0.3, -0.25) is 0 Å². The Morgan fingerprint density at radius 1 is 0.429 bits per heavy atom. The summed E-state index contributed by atoms with van der Waals surface area (Å²) >= 11 is 0. The summed E-state index contributed by atoms with van der Waals surface area (Å²) in [6.45, 7) is 0. The molecule has 0 bridgehead atoms. The fourth-order valence-corrected chi connectivity index (χ4v) is 6.71. The first-order chi connectivity index (χ1) is 20.8. The summed E-state index contributed by atoms with van der Waals surface area (Å²) in [4.78, 5) is 2.38. The highest BCUT2D eigenvalue weighted by Crippen LogP contribution is 2.45. The minimum absolute atomic E-state index is 0.913. The van der Waals surface area contributed by atoms with Crippen molar-refractivity contribution in [1.29, 1.82) is 0 Å². The van der Waals surface area contributed by atoms with Gasteiger partial charge in [-0.2, -0.15) is 0 Å². The van der Waals surface area contributed by atoms with E-state index in [-0.39, 0.29) is 0 Å². The van der Waals surface area contributed by atoms with Crippen LogP contribution in [0.5, 0.6) is 0 Å². The van der Waals surface area contributed by atoms with Crippen LogP contribution in [-0.2, 0) is 0 Å². The number of fused-ring (bicyclic) bond motifs is 3. The number of hydrogen-bond acceptors (Lipinski definition) is 2. The van der Waals surface area contributed by atoms with Gasteiger partial charge in [0.05, 0.1) is 5.69 Å². The van der Waals surface area contributed by atoms with Crippen LogP contribution in [-0.4, -0.2) is 0 Å². The molecule has 0 N–H and O–H groups in total. The normalized spacial score (nSPS) is 11.8. The first-order valence-corrected chi connectivity index (χ1v) is 14.4. The molecule has 0 aliphatic rings. The molecular weight excluding hydrogens is 510 g/mol. The Bertz CT molecular complexity index is 2400. The molecule has 0 amide bonds. The second-order valence-electron chi connectivity index (χ2n) is 10.9. The Kier molecular flexibility index (Phi) is 4.93. The van der Waals surface area contributed by atoms with E-state index in [1.807, 2.05) is 12.1 Å². The fraction of sp³-hybridized carbons (Fsp3) is 0. The van der Waals surface area contributed by atoms with Gasteiger partial charge in [0, 0.05) is 33.1 Å². The van der Waals surface area contributed by atoms with E-state index in [0.29, 0.717) is 0 Å². The summed E-state index contributed by atoms with van der Waals surface area (Å²) in [7, 11) is 0. The van der Waals surface area contributed by atoms with E-state index in [0.717, 1.165) is 50.1 Å². The molecule has 0 aliphatic heterocycles. The molecule has 0 atom stereocenters. The van der Waals surface area contributed by atoms with E-state index in [1.165, 1.54) is 32.3 Å². The van der Waals surface area contributed by atoms with Crippen LogP contribution in [0.2, 0.25) is 0 Å². The molecule has 0 fully saturated rings. The van der Waals surface area contributed by atoms with Crippen molar-refractivity contribution in [2.24, 2.45) is 0 Å². The van der Waals surface area contributed by atoms with E-state index in [9.17, 15) is 0 Å². The van der Waals surface area contributed by atoms with Gasteiger partial charge in [0.25, 0.3) is 0 Å². The van der Waals surface area contributed by atoms with E-state index in [4.69, 9.17) is 4.42 Å². The molecule has 8 aromatic carbocycles. The Morgan fingerprint density at radius 2 is 1.10 bits per heavy atom. The molecule has 9 aromatic rings. The molecule has 196 valence electrons. The van der Waals surface area contributed by atoms with Crippen LogP contribution < -0.4 is 4.90 Å². The fourth-order valence-electron chi connectivity index (χ4n) is 6.71. The van der Waals surface area contributed by atoms with Gasteiger partial charge >= 0.3 is 0 Å². The number of nitrogens with zero attached hydrogens (tertiary/aromatic N) is 1. The molecule has 2 nitrogen and oxygen atoms in total. The topological polar surface area (TPSA) is 16.4 Å². The number of furan rings is 1. The molecule has 1 heterocycles. The highest BCUT2D eigenvalue weighted by molar-refractivity contribution is 6.25. The number of hydrogen-bond donors (Lipinski definition) is 0. The second kappa shape index (κ2) is 8.95. The number of anilines is 3. The maximum atomic E-state index is 6.42. The van der Waals surface area contributed by atoms with Gasteiger partial charge in [0.2, 0.25) is 0 Å². The quantitative estimate of drug-likeness (QED) is 0.208. The lowest BCUT2D eigenvalue weighted by Crippen LogP contribution is -2.10. The van der Waals surface area contributed by atoms with E-state index < -0.39 is 0 Å². The summed E-state index contributed by atoms with van der Waals surface area (Å²) in [6, 6.07) is 54.3. The number of benzene rings is 8. The van der Waals surface area contributed by atoms with Gasteiger partial charge in [-0.05, 0) is 68.9 Å². The van der Waals surface area contributed by atoms with Gasteiger partial charge in [-0.15, -0.1) is 0 Å². The molecule has 0 unspecified atom stereocenters. The summed E-state index contributed by atoms with van der Waals surface area (Å²) in [5.41, 5.74) is 7.42. The third-order valence-corrected chi connectivity index (χ3v) is 8.58. The molecule has 0 aliphatic carbocycles. The van der Waals surface area contributed by atoms with Crippen molar-refractivity contribution in [3.05, 3.63) is 152 Å². The van der Waals surface area contributed by atoms with Gasteiger partial charge < -0.3 is 9.32 Å². The predicted octanol–water partition coefficient (Wildman–Crippen LogP) is 11.6. The van der Waals surface area contributed by atoms with Crippen molar-refractivity contribution in [2.45, 2.75) is 0 Å². The zero-order valence-electron chi connectivity index (χ0n) is 22.8. The molecule has 9 rings (SSSR count). The zero-order chi connectivity index (χ0) is 27.6. The van der Waals surface area contributed by atoms with E-state index >= 15 is 0 Å². The zero-order valence-corrected chi connectivity index (χ0v) is 22.8. The van der Waals surface area contributed by atoms with Crippen LogP contribution in [0.1, 0.15) is 0 Å². The van der Waals surface area contributed by atoms with E-state index in [1.54, 1.807) is 0 Å². The van der Waals surface area contributed by atoms with Crippen molar-refractivity contribution in [3.63, 3.8) is 0 Å². The lowest BCUT2D eigenvalue weighted by molar-refractivity contribution is 0.670. The largest absolute Gasteiger partial charge is 0.455 e. The SMILES string of the molecule is c1ccc(N(c2cccc(-c3cccc4c3oc3ccccc34)c2)c2ccc3ccc4cccc5ccc2c3c45)cc1. The molecule has 0 saturated heterocycles. The predicted molar refractivity (Wildman–Crippen MR) is 178 cm³/mol. The molecule has 1 aromatic heterocycles. The summed E-state index contributed by atoms with van der Waals surface area (Å²) < 4.78 is 6.42. The lowest BCUT2D eigenvalue weighted by Gasteiger charge is -2.28. The Balaban J connectivity index is 1.29. The minimum atomic E-state index is 0.913. The van der Waals surface area contributed by atoms with Crippen LogP contribution in [0.15, 0.2) is 156 Å². The Labute approximate surface area is 243 Å². The third-order valence-electron chi connectivity index (χ3n) is 8.58. The molecule has 0 radical (unpaired) electrons. The first kappa shape index (κ1) is 23.1. The smallest absolute Gasteiger partial charge is 0.143 e. The molecular formula is C40H25NO. The second-order valence-corrected chi connectivity index (χ2v) is 10.9. The minimum Gasteiger partial charge on any atom is -0.455 e. The first-order valence-electron chi connectivity index (χ1n) is 14.4. The van der Waals surface area contributed by atoms with Crippen LogP contribution in [0.3, 0.4) is 0 Å².